The molecule has 3 rings (SSSR count). The molecule has 3 aromatic rings. The van der Waals surface area contributed by atoms with Crippen LogP contribution < -0.4 is 10.1 Å². The van der Waals surface area contributed by atoms with Gasteiger partial charge >= 0.3 is 0 Å². The van der Waals surface area contributed by atoms with Crippen LogP contribution in [0.1, 0.15) is 25.6 Å². The number of aromatic nitrogens is 1. The largest absolute Gasteiger partial charge is 0.508 e. The molecule has 1 heterocycles. The number of halogens is 1. The van der Waals surface area contributed by atoms with E-state index in [0.29, 0.717) is 16.5 Å². The van der Waals surface area contributed by atoms with Crippen molar-refractivity contribution in [1.29, 1.82) is 0 Å². The van der Waals surface area contributed by atoms with Gasteiger partial charge in [0, 0.05) is 18.4 Å². The summed E-state index contributed by atoms with van der Waals surface area (Å²) in [5, 5.41) is 13.5. The summed E-state index contributed by atoms with van der Waals surface area (Å²) in [4.78, 5) is 15.8. The molecule has 0 radical (unpaired) electrons. The number of aromatic hydroxyl groups is 1. The molecule has 1 amide bonds. The molecule has 1 aromatic heterocycles. The lowest BCUT2D eigenvalue weighted by molar-refractivity contribution is -0.119. The SMILES string of the molecule is CC(=O)NC(C)c1ccc2cc(Oc3ccc(O)cc3Cl)ccc2n1. The second kappa shape index (κ2) is 6.99. The lowest BCUT2D eigenvalue weighted by Gasteiger charge is -2.13. The summed E-state index contributed by atoms with van der Waals surface area (Å²) in [7, 11) is 0. The molecule has 25 heavy (non-hydrogen) atoms. The quantitative estimate of drug-likeness (QED) is 0.717. The first kappa shape index (κ1) is 17.0. The minimum Gasteiger partial charge on any atom is -0.508 e. The van der Waals surface area contributed by atoms with E-state index in [0.717, 1.165) is 16.6 Å². The van der Waals surface area contributed by atoms with Gasteiger partial charge in [-0.3, -0.25) is 9.78 Å². The third-order valence-corrected chi connectivity index (χ3v) is 3.98. The van der Waals surface area contributed by atoms with Crippen molar-refractivity contribution in [3.05, 3.63) is 59.2 Å². The number of benzene rings is 2. The Morgan fingerprint density at radius 2 is 2.00 bits per heavy atom. The number of carbonyl (C=O) groups is 1. The Balaban J connectivity index is 1.86. The fourth-order valence-electron chi connectivity index (χ4n) is 2.50. The second-order valence-electron chi connectivity index (χ2n) is 5.73. The van der Waals surface area contributed by atoms with Crippen LogP contribution in [-0.2, 0) is 4.79 Å². The fourth-order valence-corrected chi connectivity index (χ4v) is 2.72. The zero-order valence-electron chi connectivity index (χ0n) is 13.8. The van der Waals surface area contributed by atoms with Gasteiger partial charge in [-0.2, -0.15) is 0 Å². The van der Waals surface area contributed by atoms with E-state index in [1.807, 2.05) is 31.2 Å². The van der Waals surface area contributed by atoms with Gasteiger partial charge in [0.2, 0.25) is 5.91 Å². The number of ether oxygens (including phenoxy) is 1. The zero-order chi connectivity index (χ0) is 18.0. The number of pyridine rings is 1. The van der Waals surface area contributed by atoms with Gasteiger partial charge in [0.1, 0.15) is 17.2 Å². The summed E-state index contributed by atoms with van der Waals surface area (Å²) in [5.41, 5.74) is 1.59. The number of amides is 1. The highest BCUT2D eigenvalue weighted by atomic mass is 35.5. The van der Waals surface area contributed by atoms with Crippen molar-refractivity contribution in [3.63, 3.8) is 0 Å². The molecule has 5 nitrogen and oxygen atoms in total. The molecule has 1 unspecified atom stereocenters. The van der Waals surface area contributed by atoms with Gasteiger partial charge in [-0.15, -0.1) is 0 Å². The third kappa shape index (κ3) is 4.00. The first-order chi connectivity index (χ1) is 11.9. The van der Waals surface area contributed by atoms with E-state index in [2.05, 4.69) is 10.3 Å². The summed E-state index contributed by atoms with van der Waals surface area (Å²) in [6.45, 7) is 3.37. The Bertz CT molecular complexity index is 943. The number of nitrogens with one attached hydrogen (secondary N) is 1. The minimum atomic E-state index is -0.159. The van der Waals surface area contributed by atoms with Crippen LogP contribution in [0.3, 0.4) is 0 Å². The van der Waals surface area contributed by atoms with E-state index >= 15 is 0 Å². The molecule has 0 aliphatic heterocycles. The van der Waals surface area contributed by atoms with Gasteiger partial charge < -0.3 is 15.2 Å². The van der Waals surface area contributed by atoms with Crippen molar-refractivity contribution >= 4 is 28.4 Å². The average Bonchev–Trinajstić information content (AvgIpc) is 2.56. The van der Waals surface area contributed by atoms with Crippen molar-refractivity contribution in [2.24, 2.45) is 0 Å². The van der Waals surface area contributed by atoms with Gasteiger partial charge in [0.15, 0.2) is 0 Å². The number of fused-ring (bicyclic) bond motifs is 1. The molecule has 128 valence electrons. The number of carbonyl (C=O) groups excluding carboxylic acids is 1. The Labute approximate surface area is 150 Å². The Kier molecular flexibility index (Phi) is 4.76. The molecule has 1 atom stereocenters. The molecule has 0 aliphatic carbocycles. The molecule has 0 saturated heterocycles. The summed E-state index contributed by atoms with van der Waals surface area (Å²) in [5.74, 6) is 1.07. The van der Waals surface area contributed by atoms with E-state index in [-0.39, 0.29) is 17.7 Å². The first-order valence-corrected chi connectivity index (χ1v) is 8.14. The maximum atomic E-state index is 11.2. The molecular formula is C19H17ClN2O3. The standard InChI is InChI=1S/C19H17ClN2O3/c1-11(21-12(2)23)17-6-3-13-9-15(5-7-18(13)22-17)25-19-8-4-14(24)10-16(19)20/h3-11,24H,1-2H3,(H,21,23). The highest BCUT2D eigenvalue weighted by Gasteiger charge is 2.10. The van der Waals surface area contributed by atoms with Crippen molar-refractivity contribution in [2.45, 2.75) is 19.9 Å². The molecule has 2 N–H and O–H groups in total. The topological polar surface area (TPSA) is 71.5 Å². The number of nitrogens with zero attached hydrogens (tertiary/aromatic N) is 1. The van der Waals surface area contributed by atoms with E-state index < -0.39 is 0 Å². The molecule has 0 fully saturated rings. The van der Waals surface area contributed by atoms with Crippen LogP contribution in [0.25, 0.3) is 10.9 Å². The van der Waals surface area contributed by atoms with E-state index in [4.69, 9.17) is 16.3 Å². The molecule has 0 spiro atoms. The molecule has 0 saturated carbocycles. The van der Waals surface area contributed by atoms with Crippen LogP contribution in [0.5, 0.6) is 17.2 Å². The van der Waals surface area contributed by atoms with E-state index in [1.165, 1.54) is 19.1 Å². The number of rotatable bonds is 4. The van der Waals surface area contributed by atoms with Crippen LogP contribution in [-0.4, -0.2) is 16.0 Å². The highest BCUT2D eigenvalue weighted by Crippen LogP contribution is 2.33. The zero-order valence-corrected chi connectivity index (χ0v) is 14.5. The van der Waals surface area contributed by atoms with Crippen LogP contribution in [0.2, 0.25) is 5.02 Å². The fraction of sp³-hybridized carbons (Fsp3) is 0.158. The van der Waals surface area contributed by atoms with Crippen molar-refractivity contribution in [1.82, 2.24) is 10.3 Å². The normalized spacial score (nSPS) is 12.0. The number of phenolic OH excluding ortho intramolecular Hbond substituents is 1. The van der Waals surface area contributed by atoms with Crippen LogP contribution in [0, 0.1) is 0 Å². The minimum absolute atomic E-state index is 0.0841. The van der Waals surface area contributed by atoms with E-state index in [1.54, 1.807) is 12.1 Å². The van der Waals surface area contributed by atoms with Gasteiger partial charge in [-0.25, -0.2) is 0 Å². The number of hydrogen-bond donors (Lipinski definition) is 2. The molecule has 0 bridgehead atoms. The summed E-state index contributed by atoms with van der Waals surface area (Å²) in [6, 6.07) is 13.7. The van der Waals surface area contributed by atoms with Crippen LogP contribution in [0.4, 0.5) is 0 Å². The smallest absolute Gasteiger partial charge is 0.217 e. The maximum Gasteiger partial charge on any atom is 0.217 e. The van der Waals surface area contributed by atoms with Crippen LogP contribution >= 0.6 is 11.6 Å². The number of hydrogen-bond acceptors (Lipinski definition) is 4. The van der Waals surface area contributed by atoms with Crippen molar-refractivity contribution < 1.29 is 14.6 Å². The number of phenols is 1. The predicted octanol–water partition coefficient (Wildman–Crippen LogP) is 4.58. The highest BCUT2D eigenvalue weighted by molar-refractivity contribution is 6.32. The first-order valence-electron chi connectivity index (χ1n) is 7.76. The maximum absolute atomic E-state index is 11.2. The molecular weight excluding hydrogens is 340 g/mol. The molecule has 0 aliphatic rings. The van der Waals surface area contributed by atoms with Gasteiger partial charge in [0.05, 0.1) is 22.3 Å². The lowest BCUT2D eigenvalue weighted by Crippen LogP contribution is -2.24. The van der Waals surface area contributed by atoms with Gasteiger partial charge in [0.25, 0.3) is 0 Å². The third-order valence-electron chi connectivity index (χ3n) is 3.69. The summed E-state index contributed by atoms with van der Waals surface area (Å²) >= 11 is 6.06. The van der Waals surface area contributed by atoms with Crippen molar-refractivity contribution in [2.75, 3.05) is 0 Å². The Morgan fingerprint density at radius 3 is 2.72 bits per heavy atom. The molecule has 2 aromatic carbocycles. The van der Waals surface area contributed by atoms with Crippen LogP contribution in [0.15, 0.2) is 48.5 Å². The average molecular weight is 357 g/mol. The monoisotopic (exact) mass is 356 g/mol. The molecule has 6 heteroatoms. The predicted molar refractivity (Wildman–Crippen MR) is 97.2 cm³/mol. The van der Waals surface area contributed by atoms with Crippen molar-refractivity contribution in [3.8, 4) is 17.2 Å². The Hall–Kier alpha value is -2.79. The summed E-state index contributed by atoms with van der Waals surface area (Å²) in [6.07, 6.45) is 0. The second-order valence-corrected chi connectivity index (χ2v) is 6.14. The Morgan fingerprint density at radius 1 is 1.20 bits per heavy atom. The van der Waals surface area contributed by atoms with E-state index in [9.17, 15) is 9.90 Å². The van der Waals surface area contributed by atoms with Gasteiger partial charge in [-0.1, -0.05) is 17.7 Å². The lowest BCUT2D eigenvalue weighted by atomic mass is 10.1. The summed E-state index contributed by atoms with van der Waals surface area (Å²) < 4.78 is 5.77. The van der Waals surface area contributed by atoms with Gasteiger partial charge in [-0.05, 0) is 43.3 Å².